The molecule has 240 valence electrons. The van der Waals surface area contributed by atoms with Crippen molar-refractivity contribution in [1.29, 1.82) is 0 Å². The summed E-state index contributed by atoms with van der Waals surface area (Å²) in [5.41, 5.74) is 1.90. The van der Waals surface area contributed by atoms with Gasteiger partial charge in [-0.25, -0.2) is 8.78 Å². The molecule has 0 radical (unpaired) electrons. The average molecular weight is 657 g/mol. The normalized spacial score (nSPS) is 26.6. The Morgan fingerprint density at radius 2 is 1.93 bits per heavy atom. The molecular formula is C30H28ClF7N6O. The topological polar surface area (TPSA) is 80.4 Å². The van der Waals surface area contributed by atoms with Gasteiger partial charge in [-0.2, -0.15) is 31.9 Å². The van der Waals surface area contributed by atoms with Gasteiger partial charge in [-0.1, -0.05) is 18.0 Å². The Morgan fingerprint density at radius 3 is 2.69 bits per heavy atom. The van der Waals surface area contributed by atoms with Crippen molar-refractivity contribution in [3.05, 3.63) is 46.4 Å². The Bertz CT molecular complexity index is 1720. The number of nitrogens with two attached hydrogens (primary N) is 1. The SMILES string of the molecule is Nc1cc(Cl)c(C(F)(F)F)c(-c2ncc3c(N4CCCC[C@@H]5[C@@H](F)[C@@H]54)nc(OCC45CCCN4CC(=C(F)F)C5)nc3c2F)c1. The molecule has 15 heteroatoms. The summed E-state index contributed by atoms with van der Waals surface area (Å²) in [6, 6.07) is 1.05. The van der Waals surface area contributed by atoms with E-state index in [-0.39, 0.29) is 59.5 Å². The quantitative estimate of drug-likeness (QED) is 0.230. The maximum absolute atomic E-state index is 16.4. The van der Waals surface area contributed by atoms with Gasteiger partial charge in [0.25, 0.3) is 6.08 Å². The summed E-state index contributed by atoms with van der Waals surface area (Å²) in [6.45, 7) is 1.04. The first-order valence-electron chi connectivity index (χ1n) is 14.7. The highest BCUT2D eigenvalue weighted by atomic mass is 35.5. The zero-order valence-electron chi connectivity index (χ0n) is 23.8. The fraction of sp³-hybridized carbons (Fsp3) is 0.500. The zero-order chi connectivity index (χ0) is 31.8. The maximum atomic E-state index is 16.4. The van der Waals surface area contributed by atoms with Crippen LogP contribution < -0.4 is 15.4 Å². The van der Waals surface area contributed by atoms with Gasteiger partial charge >= 0.3 is 12.2 Å². The van der Waals surface area contributed by atoms with Gasteiger partial charge in [0.2, 0.25) is 0 Å². The number of alkyl halides is 4. The molecule has 7 nitrogen and oxygen atoms in total. The van der Waals surface area contributed by atoms with Gasteiger partial charge in [-0.05, 0) is 50.8 Å². The minimum absolute atomic E-state index is 0.0276. The van der Waals surface area contributed by atoms with Crippen LogP contribution in [0.5, 0.6) is 6.01 Å². The van der Waals surface area contributed by atoms with Gasteiger partial charge in [-0.3, -0.25) is 9.88 Å². The number of nitrogen functional groups attached to an aromatic ring is 1. The number of rotatable bonds is 5. The second kappa shape index (κ2) is 10.9. The molecule has 4 fully saturated rings. The van der Waals surface area contributed by atoms with Crippen molar-refractivity contribution >= 4 is 34.0 Å². The van der Waals surface area contributed by atoms with E-state index in [1.165, 1.54) is 0 Å². The Morgan fingerprint density at radius 1 is 1.13 bits per heavy atom. The van der Waals surface area contributed by atoms with Crippen molar-refractivity contribution in [1.82, 2.24) is 19.9 Å². The summed E-state index contributed by atoms with van der Waals surface area (Å²) in [5.74, 6) is -1.28. The molecule has 2 aromatic heterocycles. The first kappa shape index (κ1) is 30.3. The van der Waals surface area contributed by atoms with Crippen LogP contribution in [0.15, 0.2) is 30.0 Å². The molecule has 0 bridgehead atoms. The summed E-state index contributed by atoms with van der Waals surface area (Å²) >= 11 is 5.93. The van der Waals surface area contributed by atoms with Gasteiger partial charge in [0.15, 0.2) is 5.82 Å². The molecule has 1 aliphatic carbocycles. The molecule has 3 aliphatic heterocycles. The summed E-state index contributed by atoms with van der Waals surface area (Å²) in [7, 11) is 0. The summed E-state index contributed by atoms with van der Waals surface area (Å²) < 4.78 is 107. The zero-order valence-corrected chi connectivity index (χ0v) is 24.5. The molecule has 3 saturated heterocycles. The third kappa shape index (κ3) is 5.13. The minimum Gasteiger partial charge on any atom is -0.461 e. The van der Waals surface area contributed by atoms with Crippen molar-refractivity contribution < 1.29 is 35.5 Å². The largest absolute Gasteiger partial charge is 0.461 e. The molecule has 4 atom stereocenters. The number of hydrogen-bond acceptors (Lipinski definition) is 7. The molecule has 7 rings (SSSR count). The Balaban J connectivity index is 1.35. The second-order valence-electron chi connectivity index (χ2n) is 12.3. The second-order valence-corrected chi connectivity index (χ2v) is 12.7. The van der Waals surface area contributed by atoms with Crippen LogP contribution in [0.3, 0.4) is 0 Å². The number of ether oxygens (including phenoxy) is 1. The fourth-order valence-corrected chi connectivity index (χ4v) is 7.70. The van der Waals surface area contributed by atoms with E-state index in [2.05, 4.69) is 15.0 Å². The molecule has 1 unspecified atom stereocenters. The van der Waals surface area contributed by atoms with E-state index in [0.717, 1.165) is 31.2 Å². The van der Waals surface area contributed by atoms with Gasteiger partial charge < -0.3 is 15.4 Å². The van der Waals surface area contributed by atoms with Crippen molar-refractivity contribution in [2.45, 2.75) is 62.5 Å². The summed E-state index contributed by atoms with van der Waals surface area (Å²) in [4.78, 5) is 16.5. The van der Waals surface area contributed by atoms with Crippen LogP contribution in [-0.4, -0.2) is 63.8 Å². The molecule has 45 heavy (non-hydrogen) atoms. The lowest BCUT2D eigenvalue weighted by molar-refractivity contribution is -0.137. The molecule has 0 amide bonds. The molecule has 4 aliphatic rings. The Labute approximate surface area is 258 Å². The number of halogens is 8. The Kier molecular flexibility index (Phi) is 7.30. The minimum atomic E-state index is -4.96. The number of nitrogens with zero attached hydrogens (tertiary/aromatic N) is 5. The van der Waals surface area contributed by atoms with Gasteiger partial charge in [0.1, 0.15) is 29.8 Å². The standard InChI is InChI=1S/C30H28ClF7N6O/c31-19-9-15(39)8-17(20(19)30(36,37)38)23-22(33)24-18(11-40-23)27(44-7-2-1-4-16-21(32)25(16)44)42-28(41-24)45-13-29-5-3-6-43(29)12-14(10-29)26(34)35/h8-9,11,16,21,25H,1-7,10,12-13,39H2/t16-,21-,25-,29?/m1/s1. The highest BCUT2D eigenvalue weighted by molar-refractivity contribution is 6.32. The van der Waals surface area contributed by atoms with Crippen LogP contribution in [0.2, 0.25) is 5.02 Å². The van der Waals surface area contributed by atoms with Crippen LogP contribution >= 0.6 is 11.6 Å². The number of fused-ring (bicyclic) bond motifs is 3. The Hall–Kier alpha value is -3.39. The van der Waals surface area contributed by atoms with Crippen molar-refractivity contribution in [2.24, 2.45) is 5.92 Å². The van der Waals surface area contributed by atoms with E-state index in [9.17, 15) is 26.3 Å². The highest BCUT2D eigenvalue weighted by Crippen LogP contribution is 2.49. The highest BCUT2D eigenvalue weighted by Gasteiger charge is 2.56. The average Bonchev–Trinajstić information content (AvgIpc) is 3.30. The van der Waals surface area contributed by atoms with Gasteiger partial charge in [0.05, 0.1) is 27.6 Å². The van der Waals surface area contributed by atoms with Crippen LogP contribution in [0.4, 0.5) is 42.2 Å². The molecular weight excluding hydrogens is 629 g/mol. The molecule has 2 N–H and O–H groups in total. The monoisotopic (exact) mass is 656 g/mol. The van der Waals surface area contributed by atoms with Crippen molar-refractivity contribution in [3.63, 3.8) is 0 Å². The lowest BCUT2D eigenvalue weighted by Crippen LogP contribution is -2.43. The predicted molar refractivity (Wildman–Crippen MR) is 153 cm³/mol. The summed E-state index contributed by atoms with van der Waals surface area (Å²) in [5, 5.41) is -0.655. The molecule has 5 heterocycles. The molecule has 3 aromatic rings. The van der Waals surface area contributed by atoms with Crippen molar-refractivity contribution in [3.8, 4) is 17.3 Å². The van der Waals surface area contributed by atoms with Gasteiger partial charge in [-0.15, -0.1) is 0 Å². The summed E-state index contributed by atoms with van der Waals surface area (Å²) in [6.07, 6.45) is -3.01. The number of aromatic nitrogens is 3. The third-order valence-corrected chi connectivity index (χ3v) is 9.85. The van der Waals surface area contributed by atoms with Crippen LogP contribution in [0.25, 0.3) is 22.2 Å². The van der Waals surface area contributed by atoms with Crippen molar-refractivity contribution in [2.75, 3.05) is 36.9 Å². The van der Waals surface area contributed by atoms with Crippen LogP contribution in [0, 0.1) is 11.7 Å². The lowest BCUT2D eigenvalue weighted by atomic mass is 9.94. The number of pyridine rings is 1. The molecule has 0 spiro atoms. The first-order valence-corrected chi connectivity index (χ1v) is 15.1. The van der Waals surface area contributed by atoms with E-state index in [4.69, 9.17) is 22.1 Å². The number of benzene rings is 1. The van der Waals surface area contributed by atoms with E-state index in [1.807, 2.05) is 4.90 Å². The van der Waals surface area contributed by atoms with Crippen LogP contribution in [0.1, 0.15) is 44.1 Å². The third-order valence-electron chi connectivity index (χ3n) is 9.55. The first-order chi connectivity index (χ1) is 21.4. The predicted octanol–water partition coefficient (Wildman–Crippen LogP) is 7.18. The van der Waals surface area contributed by atoms with E-state index >= 15 is 4.39 Å². The smallest absolute Gasteiger partial charge is 0.418 e. The van der Waals surface area contributed by atoms with E-state index in [0.29, 0.717) is 32.4 Å². The fourth-order valence-electron chi connectivity index (χ4n) is 7.37. The lowest BCUT2D eigenvalue weighted by Gasteiger charge is -2.31. The maximum Gasteiger partial charge on any atom is 0.418 e. The number of hydrogen-bond donors (Lipinski definition) is 1. The molecule has 1 aromatic carbocycles. The molecule has 1 saturated carbocycles. The van der Waals surface area contributed by atoms with Crippen LogP contribution in [-0.2, 0) is 6.18 Å². The van der Waals surface area contributed by atoms with Gasteiger partial charge in [0, 0.05) is 42.0 Å². The number of anilines is 2. The van der Waals surface area contributed by atoms with E-state index < -0.39 is 57.7 Å². The van der Waals surface area contributed by atoms with E-state index in [1.54, 1.807) is 4.90 Å².